The van der Waals surface area contributed by atoms with Crippen molar-refractivity contribution < 1.29 is 17.9 Å². The van der Waals surface area contributed by atoms with Gasteiger partial charge in [-0.1, -0.05) is 54.1 Å². The number of sulfonamides is 1. The van der Waals surface area contributed by atoms with Gasteiger partial charge in [0.2, 0.25) is 10.0 Å². The highest BCUT2D eigenvalue weighted by atomic mass is 35.5. The van der Waals surface area contributed by atoms with Crippen LogP contribution in [0.15, 0.2) is 70.9 Å². The maximum absolute atomic E-state index is 13.1. The van der Waals surface area contributed by atoms with Crippen molar-refractivity contribution in [1.29, 1.82) is 0 Å². The minimum Gasteiger partial charge on any atom is -0.379 e. The Kier molecular flexibility index (Phi) is 6.37. The molecule has 0 saturated carbocycles. The Balaban J connectivity index is 1.39. The van der Waals surface area contributed by atoms with Crippen molar-refractivity contribution in [2.24, 2.45) is 0 Å². The van der Waals surface area contributed by atoms with Gasteiger partial charge in [-0.3, -0.25) is 10.1 Å². The van der Waals surface area contributed by atoms with Crippen LogP contribution < -0.4 is 5.32 Å². The molecule has 34 heavy (non-hydrogen) atoms. The number of amides is 1. The number of hydrogen-bond acceptors (Lipinski definition) is 6. The van der Waals surface area contributed by atoms with E-state index in [2.05, 4.69) is 10.3 Å². The van der Waals surface area contributed by atoms with Crippen molar-refractivity contribution in [1.82, 2.24) is 9.29 Å². The van der Waals surface area contributed by atoms with Gasteiger partial charge in [-0.05, 0) is 29.0 Å². The quantitative estimate of drug-likeness (QED) is 0.410. The van der Waals surface area contributed by atoms with Crippen molar-refractivity contribution in [2.45, 2.75) is 4.90 Å². The predicted octanol–water partition coefficient (Wildman–Crippen LogP) is 4.89. The average molecular weight is 514 g/mol. The lowest BCUT2D eigenvalue weighted by atomic mass is 10.0. The molecule has 10 heteroatoms. The Bertz CT molecular complexity index is 1480. The first-order valence-electron chi connectivity index (χ1n) is 10.6. The second-order valence-electron chi connectivity index (χ2n) is 7.68. The number of nitrogens with zero attached hydrogens (tertiary/aromatic N) is 2. The first-order chi connectivity index (χ1) is 16.4. The highest BCUT2D eigenvalue weighted by molar-refractivity contribution is 7.89. The molecule has 1 aliphatic heterocycles. The van der Waals surface area contributed by atoms with Crippen LogP contribution in [-0.4, -0.2) is 49.9 Å². The summed E-state index contributed by atoms with van der Waals surface area (Å²) in [5.41, 5.74) is 1.90. The molecule has 0 spiro atoms. The number of rotatable bonds is 5. The van der Waals surface area contributed by atoms with Crippen molar-refractivity contribution >= 4 is 54.8 Å². The number of morpholine rings is 1. The van der Waals surface area contributed by atoms with Crippen LogP contribution in [0.4, 0.5) is 5.13 Å². The highest BCUT2D eigenvalue weighted by Crippen LogP contribution is 2.32. The Morgan fingerprint density at radius 1 is 1.06 bits per heavy atom. The third-order valence-corrected chi connectivity index (χ3v) is 8.71. The second kappa shape index (κ2) is 9.44. The number of hydrogen-bond donors (Lipinski definition) is 1. The van der Waals surface area contributed by atoms with E-state index in [0.717, 1.165) is 22.0 Å². The number of nitrogens with one attached hydrogen (secondary N) is 1. The fraction of sp³-hybridized carbons (Fsp3) is 0.167. The molecule has 4 aromatic rings. The van der Waals surface area contributed by atoms with Crippen LogP contribution in [0.25, 0.3) is 22.0 Å². The molecule has 1 saturated heterocycles. The summed E-state index contributed by atoms with van der Waals surface area (Å²) in [6, 6.07) is 18.3. The number of anilines is 1. The van der Waals surface area contributed by atoms with Crippen LogP contribution >= 0.6 is 22.9 Å². The third kappa shape index (κ3) is 4.45. The molecule has 2 heterocycles. The summed E-state index contributed by atoms with van der Waals surface area (Å²) < 4.78 is 32.7. The number of fused-ring (bicyclic) bond motifs is 1. The molecule has 1 amide bonds. The van der Waals surface area contributed by atoms with Gasteiger partial charge < -0.3 is 4.74 Å². The molecule has 0 atom stereocenters. The summed E-state index contributed by atoms with van der Waals surface area (Å²) in [5.74, 6) is -0.464. The Labute approximate surface area is 206 Å². The summed E-state index contributed by atoms with van der Waals surface area (Å²) in [6.45, 7) is 1.12. The molecule has 7 nitrogen and oxygen atoms in total. The molecule has 1 aliphatic rings. The van der Waals surface area contributed by atoms with Gasteiger partial charge in [-0.25, -0.2) is 13.4 Å². The molecule has 0 radical (unpaired) electrons. The van der Waals surface area contributed by atoms with Gasteiger partial charge in [0.15, 0.2) is 5.13 Å². The minimum atomic E-state index is -3.85. The average Bonchev–Trinajstić information content (AvgIpc) is 3.32. The van der Waals surface area contributed by atoms with Gasteiger partial charge in [0.05, 0.1) is 23.9 Å². The van der Waals surface area contributed by atoms with E-state index >= 15 is 0 Å². The highest BCUT2D eigenvalue weighted by Gasteiger charge is 2.29. The van der Waals surface area contributed by atoms with Gasteiger partial charge in [0, 0.05) is 29.6 Å². The molecule has 1 fully saturated rings. The minimum absolute atomic E-state index is 0.0653. The van der Waals surface area contributed by atoms with Gasteiger partial charge in [-0.2, -0.15) is 4.31 Å². The van der Waals surface area contributed by atoms with Crippen LogP contribution in [0.1, 0.15) is 10.4 Å². The number of aromatic nitrogens is 1. The molecule has 174 valence electrons. The smallest absolute Gasteiger partial charge is 0.257 e. The van der Waals surface area contributed by atoms with E-state index in [-0.39, 0.29) is 28.6 Å². The van der Waals surface area contributed by atoms with Crippen molar-refractivity contribution in [2.75, 3.05) is 31.6 Å². The van der Waals surface area contributed by atoms with Gasteiger partial charge in [-0.15, -0.1) is 11.3 Å². The maximum Gasteiger partial charge on any atom is 0.257 e. The molecule has 0 unspecified atom stereocenters. The predicted molar refractivity (Wildman–Crippen MR) is 134 cm³/mol. The number of ether oxygens (including phenoxy) is 1. The molecule has 5 rings (SSSR count). The van der Waals surface area contributed by atoms with Crippen molar-refractivity contribution in [3.63, 3.8) is 0 Å². The van der Waals surface area contributed by atoms with Crippen LogP contribution in [0.2, 0.25) is 5.02 Å². The summed E-state index contributed by atoms with van der Waals surface area (Å²) in [7, 11) is -3.85. The zero-order valence-corrected chi connectivity index (χ0v) is 20.3. The fourth-order valence-corrected chi connectivity index (χ4v) is 6.46. The standard InChI is InChI=1S/C24H20ClN3O4S2/c25-20-9-8-17(14-22(20)34(30,31)28-10-12-32-13-11-28)23(29)27-24-26-21(15-33-24)19-7-3-5-16-4-1-2-6-18(16)19/h1-9,14-15H,10-13H2,(H,26,27,29). The fourth-order valence-electron chi connectivity index (χ4n) is 3.84. The Hall–Kier alpha value is -2.82. The number of carbonyl (C=O) groups excluding carboxylic acids is 1. The van der Waals surface area contributed by atoms with Crippen LogP contribution in [0.5, 0.6) is 0 Å². The van der Waals surface area contributed by atoms with E-state index < -0.39 is 15.9 Å². The van der Waals surface area contributed by atoms with Crippen molar-refractivity contribution in [3.8, 4) is 11.3 Å². The zero-order chi connectivity index (χ0) is 23.7. The molecule has 3 aromatic carbocycles. The summed E-state index contributed by atoms with van der Waals surface area (Å²) in [4.78, 5) is 17.4. The first-order valence-corrected chi connectivity index (χ1v) is 13.3. The van der Waals surface area contributed by atoms with E-state index in [1.807, 2.05) is 47.8 Å². The van der Waals surface area contributed by atoms with Gasteiger partial charge in [0.1, 0.15) is 4.90 Å². The second-order valence-corrected chi connectivity index (χ2v) is 10.9. The Morgan fingerprint density at radius 2 is 1.82 bits per heavy atom. The molecular weight excluding hydrogens is 494 g/mol. The first kappa shape index (κ1) is 22.9. The van der Waals surface area contributed by atoms with E-state index in [1.165, 1.54) is 33.8 Å². The summed E-state index contributed by atoms with van der Waals surface area (Å²) >= 11 is 7.51. The number of carbonyl (C=O) groups is 1. The largest absolute Gasteiger partial charge is 0.379 e. The maximum atomic E-state index is 13.1. The topological polar surface area (TPSA) is 88.6 Å². The molecule has 0 aliphatic carbocycles. The molecule has 0 bridgehead atoms. The van der Waals surface area contributed by atoms with Gasteiger partial charge >= 0.3 is 0 Å². The lowest BCUT2D eigenvalue weighted by Crippen LogP contribution is -2.40. The van der Waals surface area contributed by atoms with Crippen molar-refractivity contribution in [3.05, 3.63) is 76.6 Å². The molecule has 1 N–H and O–H groups in total. The summed E-state index contributed by atoms with van der Waals surface area (Å²) in [6.07, 6.45) is 0. The molecule has 1 aromatic heterocycles. The van der Waals surface area contributed by atoms with Crippen LogP contribution in [0, 0.1) is 0 Å². The Morgan fingerprint density at radius 3 is 2.65 bits per heavy atom. The van der Waals surface area contributed by atoms with E-state index in [0.29, 0.717) is 18.3 Å². The lowest BCUT2D eigenvalue weighted by molar-refractivity contribution is 0.0730. The monoisotopic (exact) mass is 513 g/mol. The van der Waals surface area contributed by atoms with Gasteiger partial charge in [0.25, 0.3) is 5.91 Å². The van der Waals surface area contributed by atoms with E-state index in [1.54, 1.807) is 0 Å². The van der Waals surface area contributed by atoms with Crippen LogP contribution in [-0.2, 0) is 14.8 Å². The summed E-state index contributed by atoms with van der Waals surface area (Å²) in [5, 5.41) is 7.31. The number of benzene rings is 3. The van der Waals surface area contributed by atoms with Crippen LogP contribution in [0.3, 0.4) is 0 Å². The number of halogens is 1. The SMILES string of the molecule is O=C(Nc1nc(-c2cccc3ccccc23)cs1)c1ccc(Cl)c(S(=O)(=O)N2CCOCC2)c1. The normalized spacial score (nSPS) is 14.9. The zero-order valence-electron chi connectivity index (χ0n) is 17.9. The van der Waals surface area contributed by atoms with E-state index in [9.17, 15) is 13.2 Å². The lowest BCUT2D eigenvalue weighted by Gasteiger charge is -2.26. The number of thiazole rings is 1. The molecular formula is C24H20ClN3O4S2. The van der Waals surface area contributed by atoms with E-state index in [4.69, 9.17) is 16.3 Å². The third-order valence-electron chi connectivity index (χ3n) is 5.57.